The van der Waals surface area contributed by atoms with Gasteiger partial charge in [0.1, 0.15) is 5.82 Å². The summed E-state index contributed by atoms with van der Waals surface area (Å²) < 4.78 is 12.9. The fourth-order valence-electron chi connectivity index (χ4n) is 0.932. The summed E-state index contributed by atoms with van der Waals surface area (Å²) in [6.07, 6.45) is 0. The number of rotatable bonds is 2. The van der Waals surface area contributed by atoms with Crippen LogP contribution in [0.5, 0.6) is 0 Å². The van der Waals surface area contributed by atoms with Gasteiger partial charge in [-0.1, -0.05) is 22.8 Å². The van der Waals surface area contributed by atoms with Crippen molar-refractivity contribution in [2.24, 2.45) is 5.11 Å². The van der Waals surface area contributed by atoms with Gasteiger partial charge in [-0.25, -0.2) is 4.39 Å². The fourth-order valence-corrected chi connectivity index (χ4v) is 0.932. The summed E-state index contributed by atoms with van der Waals surface area (Å²) in [6, 6.07) is 4.72. The molecule has 0 radical (unpaired) electrons. The van der Waals surface area contributed by atoms with Crippen LogP contribution in [0.4, 0.5) is 4.39 Å². The van der Waals surface area contributed by atoms with E-state index in [2.05, 4.69) is 10.0 Å². The van der Waals surface area contributed by atoms with Crippen molar-refractivity contribution in [2.75, 3.05) is 0 Å². The van der Waals surface area contributed by atoms with Gasteiger partial charge in [-0.15, -0.1) is 0 Å². The average Bonchev–Trinajstić information content (AvgIpc) is 2.07. The zero-order valence-corrected chi connectivity index (χ0v) is 6.66. The molecule has 4 heteroatoms. The molecule has 62 valence electrons. The molecule has 0 aliphatic carbocycles. The third-order valence-corrected chi connectivity index (χ3v) is 1.51. The summed E-state index contributed by atoms with van der Waals surface area (Å²) in [7, 11) is 0. The van der Waals surface area contributed by atoms with Gasteiger partial charge in [-0.05, 0) is 24.1 Å². The first kappa shape index (κ1) is 8.56. The molecule has 3 nitrogen and oxygen atoms in total. The molecular weight excluding hydrogens is 157 g/mol. The molecule has 0 aliphatic rings. The van der Waals surface area contributed by atoms with Gasteiger partial charge >= 0.3 is 0 Å². The Labute approximate surface area is 69.5 Å². The lowest BCUT2D eigenvalue weighted by Crippen LogP contribution is -1.88. The van der Waals surface area contributed by atoms with Crippen LogP contribution in [0.25, 0.3) is 10.4 Å². The molecule has 0 aliphatic heterocycles. The minimum absolute atomic E-state index is 0.0734. The molecule has 1 aromatic carbocycles. The van der Waals surface area contributed by atoms with Gasteiger partial charge in [0, 0.05) is 4.91 Å². The van der Waals surface area contributed by atoms with Gasteiger partial charge in [0.05, 0.1) is 6.54 Å². The van der Waals surface area contributed by atoms with Crippen molar-refractivity contribution in [1.82, 2.24) is 0 Å². The second-order valence-electron chi connectivity index (χ2n) is 2.48. The van der Waals surface area contributed by atoms with Crippen molar-refractivity contribution < 1.29 is 4.39 Å². The number of benzene rings is 1. The lowest BCUT2D eigenvalue weighted by Gasteiger charge is -1.99. The van der Waals surface area contributed by atoms with Gasteiger partial charge in [-0.3, -0.25) is 0 Å². The number of hydrogen-bond donors (Lipinski definition) is 0. The molecule has 0 saturated carbocycles. The van der Waals surface area contributed by atoms with Gasteiger partial charge in [-0.2, -0.15) is 0 Å². The van der Waals surface area contributed by atoms with Crippen LogP contribution in [-0.4, -0.2) is 0 Å². The zero-order chi connectivity index (χ0) is 8.97. The standard InChI is InChI=1S/C8H8FN3/c1-6-2-3-8(9)7(4-6)5-11-12-10/h2-4H,5H2,1H3. The summed E-state index contributed by atoms with van der Waals surface area (Å²) >= 11 is 0. The summed E-state index contributed by atoms with van der Waals surface area (Å²) in [5.74, 6) is -0.326. The Hall–Kier alpha value is -1.54. The maximum absolute atomic E-state index is 12.9. The number of halogens is 1. The first-order chi connectivity index (χ1) is 5.74. The van der Waals surface area contributed by atoms with E-state index < -0.39 is 0 Å². The molecule has 1 rings (SSSR count). The predicted octanol–water partition coefficient (Wildman–Crippen LogP) is 2.94. The molecule has 0 fully saturated rings. The van der Waals surface area contributed by atoms with Gasteiger partial charge in [0.15, 0.2) is 0 Å². The van der Waals surface area contributed by atoms with Crippen molar-refractivity contribution in [3.05, 3.63) is 45.6 Å². The summed E-state index contributed by atoms with van der Waals surface area (Å²) in [5.41, 5.74) is 9.42. The van der Waals surface area contributed by atoms with Crippen LogP contribution in [0.1, 0.15) is 11.1 Å². The van der Waals surface area contributed by atoms with E-state index in [1.807, 2.05) is 6.92 Å². The summed E-state index contributed by atoms with van der Waals surface area (Å²) in [5, 5.41) is 3.28. The Bertz CT molecular complexity index is 329. The molecule has 0 spiro atoms. The SMILES string of the molecule is Cc1ccc(F)c(CN=[N+]=[N-])c1. The largest absolute Gasteiger partial charge is 0.207 e. The molecule has 0 atom stereocenters. The molecule has 1 aromatic rings. The maximum atomic E-state index is 12.9. The monoisotopic (exact) mass is 165 g/mol. The Morgan fingerprint density at radius 3 is 3.00 bits per heavy atom. The topological polar surface area (TPSA) is 48.8 Å². The highest BCUT2D eigenvalue weighted by molar-refractivity contribution is 5.23. The lowest BCUT2D eigenvalue weighted by molar-refractivity contribution is 0.610. The van der Waals surface area contributed by atoms with E-state index in [0.29, 0.717) is 5.56 Å². The van der Waals surface area contributed by atoms with Crippen LogP contribution in [0.3, 0.4) is 0 Å². The highest BCUT2D eigenvalue weighted by Crippen LogP contribution is 2.10. The number of nitrogens with zero attached hydrogens (tertiary/aromatic N) is 3. The normalized spacial score (nSPS) is 9.17. The second-order valence-corrected chi connectivity index (χ2v) is 2.48. The highest BCUT2D eigenvalue weighted by atomic mass is 19.1. The molecule has 0 heterocycles. The van der Waals surface area contributed by atoms with E-state index in [4.69, 9.17) is 5.53 Å². The van der Waals surface area contributed by atoms with Gasteiger partial charge < -0.3 is 0 Å². The third kappa shape index (κ3) is 1.97. The Morgan fingerprint density at radius 1 is 1.58 bits per heavy atom. The molecular formula is C8H8FN3. The number of aryl methyl sites for hydroxylation is 1. The van der Waals surface area contributed by atoms with E-state index in [9.17, 15) is 4.39 Å². The molecule has 0 N–H and O–H groups in total. The highest BCUT2D eigenvalue weighted by Gasteiger charge is 1.99. The second kappa shape index (κ2) is 3.74. The number of hydrogen-bond acceptors (Lipinski definition) is 1. The quantitative estimate of drug-likeness (QED) is 0.367. The van der Waals surface area contributed by atoms with E-state index in [-0.39, 0.29) is 12.4 Å². The molecule has 0 amide bonds. The van der Waals surface area contributed by atoms with Crippen molar-refractivity contribution in [3.63, 3.8) is 0 Å². The fraction of sp³-hybridized carbons (Fsp3) is 0.250. The summed E-state index contributed by atoms with van der Waals surface area (Å²) in [6.45, 7) is 1.93. The average molecular weight is 165 g/mol. The first-order valence-corrected chi connectivity index (χ1v) is 3.50. The van der Waals surface area contributed by atoms with Crippen molar-refractivity contribution in [3.8, 4) is 0 Å². The van der Waals surface area contributed by atoms with Crippen LogP contribution in [0.2, 0.25) is 0 Å². The van der Waals surface area contributed by atoms with Crippen LogP contribution < -0.4 is 0 Å². The van der Waals surface area contributed by atoms with Crippen molar-refractivity contribution >= 4 is 0 Å². The minimum Gasteiger partial charge on any atom is -0.207 e. The smallest absolute Gasteiger partial charge is 0.126 e. The van der Waals surface area contributed by atoms with Gasteiger partial charge in [0.25, 0.3) is 0 Å². The van der Waals surface area contributed by atoms with Crippen LogP contribution >= 0.6 is 0 Å². The van der Waals surface area contributed by atoms with E-state index >= 15 is 0 Å². The molecule has 0 bridgehead atoms. The Morgan fingerprint density at radius 2 is 2.33 bits per heavy atom. The van der Waals surface area contributed by atoms with E-state index in [1.54, 1.807) is 12.1 Å². The summed E-state index contributed by atoms with van der Waals surface area (Å²) in [4.78, 5) is 2.56. The number of azide groups is 1. The van der Waals surface area contributed by atoms with Crippen LogP contribution in [0.15, 0.2) is 23.3 Å². The van der Waals surface area contributed by atoms with Crippen LogP contribution in [-0.2, 0) is 6.54 Å². The van der Waals surface area contributed by atoms with Crippen LogP contribution in [0, 0.1) is 12.7 Å². The maximum Gasteiger partial charge on any atom is 0.126 e. The zero-order valence-electron chi connectivity index (χ0n) is 6.66. The van der Waals surface area contributed by atoms with E-state index in [0.717, 1.165) is 5.56 Å². The molecule has 0 aromatic heterocycles. The molecule has 0 saturated heterocycles. The first-order valence-electron chi connectivity index (χ1n) is 3.50. The Kier molecular flexibility index (Phi) is 2.66. The Balaban J connectivity index is 2.96. The third-order valence-electron chi connectivity index (χ3n) is 1.51. The lowest BCUT2D eigenvalue weighted by atomic mass is 10.1. The predicted molar refractivity (Wildman–Crippen MR) is 44.0 cm³/mol. The van der Waals surface area contributed by atoms with E-state index in [1.165, 1.54) is 6.07 Å². The minimum atomic E-state index is -0.326. The van der Waals surface area contributed by atoms with Crippen molar-refractivity contribution in [1.29, 1.82) is 0 Å². The molecule has 0 unspecified atom stereocenters. The molecule has 12 heavy (non-hydrogen) atoms. The van der Waals surface area contributed by atoms with Gasteiger partial charge in [0.2, 0.25) is 0 Å². The van der Waals surface area contributed by atoms with Crippen molar-refractivity contribution in [2.45, 2.75) is 13.5 Å².